The van der Waals surface area contributed by atoms with Crippen LogP contribution in [-0.4, -0.2) is 68.6 Å². The van der Waals surface area contributed by atoms with Crippen LogP contribution in [0.4, 0.5) is 0 Å². The summed E-state index contributed by atoms with van der Waals surface area (Å²) in [4.78, 5) is 17.7. The Bertz CT molecular complexity index is 1220. The van der Waals surface area contributed by atoms with Crippen LogP contribution >= 0.6 is 0 Å². The number of hydrogen-bond donors (Lipinski definition) is 1. The Morgan fingerprint density at radius 1 is 0.829 bits per heavy atom. The number of aldehydes is 1. The number of methoxy groups -OCH3 is 2. The highest BCUT2D eigenvalue weighted by Crippen LogP contribution is 2.48. The summed E-state index contributed by atoms with van der Waals surface area (Å²) in [5.74, 6) is 2.08. The van der Waals surface area contributed by atoms with Gasteiger partial charge >= 0.3 is 0 Å². The Kier molecular flexibility index (Phi) is 9.43. The lowest BCUT2D eigenvalue weighted by Crippen LogP contribution is -2.57. The van der Waals surface area contributed by atoms with E-state index in [0.717, 1.165) is 67.9 Å². The van der Waals surface area contributed by atoms with Gasteiger partial charge in [0.1, 0.15) is 17.8 Å². The van der Waals surface area contributed by atoms with Crippen molar-refractivity contribution in [2.45, 2.75) is 56.8 Å². The van der Waals surface area contributed by atoms with Gasteiger partial charge < -0.3 is 19.6 Å². The summed E-state index contributed by atoms with van der Waals surface area (Å²) >= 11 is 0. The molecule has 2 saturated heterocycles. The van der Waals surface area contributed by atoms with Gasteiger partial charge in [0.25, 0.3) is 0 Å². The highest BCUT2D eigenvalue weighted by Gasteiger charge is 2.46. The number of nitrogens with zero attached hydrogens (tertiary/aromatic N) is 2. The molecule has 2 fully saturated rings. The van der Waals surface area contributed by atoms with E-state index in [-0.39, 0.29) is 0 Å². The average molecular weight is 556 g/mol. The molecule has 0 radical (unpaired) electrons. The molecular formula is C35H45N3O3. The van der Waals surface area contributed by atoms with Crippen LogP contribution in [0.5, 0.6) is 11.5 Å². The first-order valence-corrected chi connectivity index (χ1v) is 15.0. The second-order valence-corrected chi connectivity index (χ2v) is 11.7. The normalized spacial score (nSPS) is 21.8. The van der Waals surface area contributed by atoms with Crippen molar-refractivity contribution in [1.82, 2.24) is 15.1 Å². The molecule has 0 bridgehead atoms. The van der Waals surface area contributed by atoms with Gasteiger partial charge in [-0.25, -0.2) is 0 Å². The standard InChI is InChI=1S/C35H45N3O3/c1-26-24-37(25-27(2)36-26)34(28-12-6-5-7-13-28)29-18-21-38(22-19-29)35(20-23-39,30-14-8-10-16-32(30)40-3)31-15-9-11-17-33(31)41-4/h5-17,23,26-27,29,34,36H,18-22,24-25H2,1-4H3. The van der Waals surface area contributed by atoms with E-state index in [0.29, 0.717) is 30.5 Å². The van der Waals surface area contributed by atoms with Crippen molar-refractivity contribution in [3.05, 3.63) is 95.6 Å². The van der Waals surface area contributed by atoms with Crippen LogP contribution in [0, 0.1) is 5.92 Å². The summed E-state index contributed by atoms with van der Waals surface area (Å²) in [6.07, 6.45) is 3.45. The highest BCUT2D eigenvalue weighted by atomic mass is 16.5. The molecule has 2 heterocycles. The fraction of sp³-hybridized carbons (Fsp3) is 0.457. The molecule has 5 rings (SSSR count). The number of piperidine rings is 1. The number of likely N-dealkylation sites (tertiary alicyclic amines) is 1. The Morgan fingerprint density at radius 2 is 1.34 bits per heavy atom. The molecule has 3 aromatic carbocycles. The van der Waals surface area contributed by atoms with Gasteiger partial charge in [0, 0.05) is 48.8 Å². The molecule has 3 aromatic rings. The smallest absolute Gasteiger partial charge is 0.124 e. The van der Waals surface area contributed by atoms with Gasteiger partial charge in [0.2, 0.25) is 0 Å². The van der Waals surface area contributed by atoms with Crippen molar-refractivity contribution in [3.63, 3.8) is 0 Å². The highest BCUT2D eigenvalue weighted by molar-refractivity contribution is 5.61. The molecule has 0 aromatic heterocycles. The molecule has 0 saturated carbocycles. The summed E-state index contributed by atoms with van der Waals surface area (Å²) in [6, 6.07) is 28.6. The van der Waals surface area contributed by atoms with Crippen LogP contribution in [0.1, 0.15) is 55.8 Å². The molecule has 0 aliphatic carbocycles. The van der Waals surface area contributed by atoms with Crippen LogP contribution in [0.15, 0.2) is 78.9 Å². The van der Waals surface area contributed by atoms with E-state index in [4.69, 9.17) is 9.47 Å². The van der Waals surface area contributed by atoms with Gasteiger partial charge in [0.05, 0.1) is 19.8 Å². The Labute approximate surface area is 245 Å². The molecular weight excluding hydrogens is 510 g/mol. The third-order valence-corrected chi connectivity index (χ3v) is 9.13. The Hall–Kier alpha value is -3.19. The lowest BCUT2D eigenvalue weighted by molar-refractivity contribution is -0.110. The predicted molar refractivity (Wildman–Crippen MR) is 165 cm³/mol. The minimum absolute atomic E-state index is 0.313. The zero-order valence-electron chi connectivity index (χ0n) is 25.0. The van der Waals surface area contributed by atoms with Gasteiger partial charge in [-0.1, -0.05) is 66.7 Å². The van der Waals surface area contributed by atoms with Gasteiger partial charge in [-0.15, -0.1) is 0 Å². The maximum atomic E-state index is 12.5. The topological polar surface area (TPSA) is 54.0 Å². The average Bonchev–Trinajstić information content (AvgIpc) is 3.00. The van der Waals surface area contributed by atoms with Gasteiger partial charge in [-0.2, -0.15) is 0 Å². The first kappa shape index (κ1) is 29.3. The number of carbonyl (C=O) groups is 1. The number of rotatable bonds is 10. The van der Waals surface area contributed by atoms with Crippen molar-refractivity contribution in [2.75, 3.05) is 40.4 Å². The zero-order valence-corrected chi connectivity index (χ0v) is 25.0. The van der Waals surface area contributed by atoms with Crippen molar-refractivity contribution in [3.8, 4) is 11.5 Å². The number of ether oxygens (including phenoxy) is 2. The zero-order chi connectivity index (χ0) is 28.8. The lowest BCUT2D eigenvalue weighted by atomic mass is 9.75. The van der Waals surface area contributed by atoms with Crippen LogP contribution < -0.4 is 14.8 Å². The number of nitrogens with one attached hydrogen (secondary N) is 1. The summed E-state index contributed by atoms with van der Waals surface area (Å²) in [5, 5.41) is 3.71. The van der Waals surface area contributed by atoms with Crippen LogP contribution in [0.2, 0.25) is 0 Å². The second-order valence-electron chi connectivity index (χ2n) is 11.7. The third kappa shape index (κ3) is 5.92. The molecule has 41 heavy (non-hydrogen) atoms. The monoisotopic (exact) mass is 555 g/mol. The molecule has 6 heteroatoms. The molecule has 6 nitrogen and oxygen atoms in total. The van der Waals surface area contributed by atoms with Gasteiger partial charge in [-0.05, 0) is 63.4 Å². The maximum Gasteiger partial charge on any atom is 0.124 e. The summed E-state index contributed by atoms with van der Waals surface area (Å²) < 4.78 is 11.8. The largest absolute Gasteiger partial charge is 0.496 e. The molecule has 2 aliphatic rings. The summed E-state index contributed by atoms with van der Waals surface area (Å²) in [6.45, 7) is 8.41. The second kappa shape index (κ2) is 13.2. The number of hydrogen-bond acceptors (Lipinski definition) is 6. The number of para-hydroxylation sites is 2. The minimum Gasteiger partial charge on any atom is -0.496 e. The van der Waals surface area contributed by atoms with Gasteiger partial charge in [-0.3, -0.25) is 9.80 Å². The van der Waals surface area contributed by atoms with Crippen molar-refractivity contribution in [2.24, 2.45) is 5.92 Å². The molecule has 2 aliphatic heterocycles. The molecule has 218 valence electrons. The minimum atomic E-state index is -0.702. The van der Waals surface area contributed by atoms with E-state index in [1.54, 1.807) is 14.2 Å². The molecule has 3 atom stereocenters. The predicted octanol–water partition coefficient (Wildman–Crippen LogP) is 5.67. The van der Waals surface area contributed by atoms with Crippen molar-refractivity contribution >= 4 is 6.29 Å². The fourth-order valence-electron chi connectivity index (χ4n) is 7.55. The van der Waals surface area contributed by atoms with E-state index in [9.17, 15) is 4.79 Å². The van der Waals surface area contributed by atoms with E-state index in [1.807, 2.05) is 36.4 Å². The van der Waals surface area contributed by atoms with Crippen molar-refractivity contribution < 1.29 is 14.3 Å². The van der Waals surface area contributed by atoms with E-state index in [2.05, 4.69) is 71.4 Å². The molecule has 1 N–H and O–H groups in total. The van der Waals surface area contributed by atoms with E-state index >= 15 is 0 Å². The van der Waals surface area contributed by atoms with E-state index < -0.39 is 5.54 Å². The number of benzene rings is 3. The summed E-state index contributed by atoms with van der Waals surface area (Å²) in [7, 11) is 3.41. The third-order valence-electron chi connectivity index (χ3n) is 9.13. The lowest BCUT2D eigenvalue weighted by Gasteiger charge is -2.50. The van der Waals surface area contributed by atoms with Crippen molar-refractivity contribution in [1.29, 1.82) is 0 Å². The molecule has 0 spiro atoms. The molecule has 3 unspecified atom stereocenters. The quantitative estimate of drug-likeness (QED) is 0.325. The SMILES string of the molecule is COc1ccccc1C(CC=O)(c1ccccc1OC)N1CCC(C(c2ccccc2)N2CC(C)NC(C)C2)CC1. The Balaban J connectivity index is 1.53. The maximum absolute atomic E-state index is 12.5. The summed E-state index contributed by atoms with van der Waals surface area (Å²) in [5.41, 5.74) is 2.70. The number of piperazine rings is 1. The van der Waals surface area contributed by atoms with E-state index in [1.165, 1.54) is 5.56 Å². The van der Waals surface area contributed by atoms with Crippen LogP contribution in [0.3, 0.4) is 0 Å². The molecule has 0 amide bonds. The first-order valence-electron chi connectivity index (χ1n) is 15.0. The van der Waals surface area contributed by atoms with Gasteiger partial charge in [0.15, 0.2) is 0 Å². The Morgan fingerprint density at radius 3 is 1.85 bits per heavy atom. The first-order chi connectivity index (χ1) is 20.0. The fourth-order valence-corrected chi connectivity index (χ4v) is 7.55. The van der Waals surface area contributed by atoms with Crippen LogP contribution in [0.25, 0.3) is 0 Å². The van der Waals surface area contributed by atoms with Crippen LogP contribution in [-0.2, 0) is 10.3 Å². The number of carbonyl (C=O) groups excluding carboxylic acids is 1.